The molecule has 43 heavy (non-hydrogen) atoms. The zero-order valence-corrected chi connectivity index (χ0v) is 25.0. The largest absolute Gasteiger partial charge is 0.497 e. The molecule has 228 valence electrons. The van der Waals surface area contributed by atoms with Crippen molar-refractivity contribution < 1.29 is 28.7 Å². The van der Waals surface area contributed by atoms with Gasteiger partial charge in [-0.3, -0.25) is 24.3 Å². The molecule has 3 N–H and O–H groups in total. The van der Waals surface area contributed by atoms with Crippen LogP contribution in [0.15, 0.2) is 48.7 Å². The second kappa shape index (κ2) is 13.1. The molecule has 1 saturated heterocycles. The molecule has 1 aliphatic heterocycles. The van der Waals surface area contributed by atoms with Crippen molar-refractivity contribution in [2.75, 3.05) is 13.7 Å². The van der Waals surface area contributed by atoms with Gasteiger partial charge in [-0.25, -0.2) is 0 Å². The number of epoxide rings is 1. The van der Waals surface area contributed by atoms with Crippen LogP contribution in [0.1, 0.15) is 68.3 Å². The predicted octanol–water partition coefficient (Wildman–Crippen LogP) is 3.93. The van der Waals surface area contributed by atoms with Crippen LogP contribution in [0.4, 0.5) is 0 Å². The lowest BCUT2D eigenvalue weighted by molar-refractivity contribution is -0.134. The number of nitrogens with one attached hydrogen (secondary N) is 3. The van der Waals surface area contributed by atoms with Gasteiger partial charge in [-0.1, -0.05) is 37.8 Å². The van der Waals surface area contributed by atoms with Crippen LogP contribution in [0.5, 0.6) is 5.75 Å². The van der Waals surface area contributed by atoms with E-state index >= 15 is 0 Å². The van der Waals surface area contributed by atoms with E-state index in [0.717, 1.165) is 42.1 Å². The average molecular weight is 589 g/mol. The molecule has 2 heterocycles. The van der Waals surface area contributed by atoms with Crippen molar-refractivity contribution in [3.63, 3.8) is 0 Å². The molecule has 2 aliphatic rings. The Labute approximate surface area is 251 Å². The molecule has 10 nitrogen and oxygen atoms in total. The lowest BCUT2D eigenvalue weighted by atomic mass is 9.88. The Morgan fingerprint density at radius 3 is 2.49 bits per heavy atom. The van der Waals surface area contributed by atoms with Gasteiger partial charge in [0.1, 0.15) is 11.4 Å². The number of H-pyrrole nitrogens is 1. The molecule has 1 saturated carbocycles. The van der Waals surface area contributed by atoms with E-state index in [2.05, 4.69) is 20.8 Å². The smallest absolute Gasteiger partial charge is 0.251 e. The summed E-state index contributed by atoms with van der Waals surface area (Å²) in [5.41, 5.74) is 1.20. The van der Waals surface area contributed by atoms with E-state index in [-0.39, 0.29) is 36.2 Å². The Bertz CT molecular complexity index is 1470. The van der Waals surface area contributed by atoms with Crippen molar-refractivity contribution >= 4 is 34.3 Å². The normalized spacial score (nSPS) is 20.3. The summed E-state index contributed by atoms with van der Waals surface area (Å²) in [6.07, 6.45) is 6.72. The molecule has 0 radical (unpaired) electrons. The minimum atomic E-state index is -0.865. The highest BCUT2D eigenvalue weighted by molar-refractivity contribution is 6.01. The van der Waals surface area contributed by atoms with Crippen molar-refractivity contribution in [3.8, 4) is 5.75 Å². The van der Waals surface area contributed by atoms with Crippen molar-refractivity contribution in [1.82, 2.24) is 20.8 Å². The first-order valence-electron chi connectivity index (χ1n) is 15.0. The number of Topliss-reactive ketones (excluding diaryl/α,β-unsaturated/α-hetero) is 2. The number of ether oxygens (including phenoxy) is 2. The molecule has 0 unspecified atom stereocenters. The van der Waals surface area contributed by atoms with Crippen LogP contribution in [-0.4, -0.2) is 65.0 Å². The number of carbonyl (C=O) groups excluding carboxylic acids is 4. The third-order valence-electron chi connectivity index (χ3n) is 8.77. The molecule has 4 atom stereocenters. The number of hydrogen-bond acceptors (Lipinski definition) is 7. The zero-order valence-electron chi connectivity index (χ0n) is 25.0. The lowest BCUT2D eigenvalue weighted by Gasteiger charge is -2.26. The maximum Gasteiger partial charge on any atom is 0.251 e. The standard InChI is InChI=1S/C33H40N4O6/c1-20(35-31(40)23-10-13-27-25(16-23)18-34-37-27)29(38)17-24(14-22-8-11-26(42-3)12-9-22)32(41)36-28(15-21-6-4-5-7-21)30(39)33(2)19-43-33/h8-13,16,18,20-21,24,28H,4-7,14-15,17,19H2,1-3H3,(H,34,37)(H,35,40)(H,36,41)/t20-,24-,28+,33-/m1/s1. The Morgan fingerprint density at radius 2 is 1.81 bits per heavy atom. The molecule has 1 aliphatic carbocycles. The van der Waals surface area contributed by atoms with Crippen LogP contribution in [-0.2, 0) is 25.5 Å². The number of aromatic amines is 1. The number of benzene rings is 2. The molecular formula is C33H40N4O6. The maximum atomic E-state index is 13.8. The minimum Gasteiger partial charge on any atom is -0.497 e. The second-order valence-electron chi connectivity index (χ2n) is 12.1. The van der Waals surface area contributed by atoms with Crippen LogP contribution >= 0.6 is 0 Å². The number of carbonyl (C=O) groups is 4. The van der Waals surface area contributed by atoms with Gasteiger partial charge in [0, 0.05) is 23.3 Å². The molecule has 0 bridgehead atoms. The highest BCUT2D eigenvalue weighted by atomic mass is 16.6. The quantitative estimate of drug-likeness (QED) is 0.242. The average Bonchev–Trinajstić information content (AvgIpc) is 3.36. The first-order valence-corrected chi connectivity index (χ1v) is 15.0. The summed E-state index contributed by atoms with van der Waals surface area (Å²) >= 11 is 0. The summed E-state index contributed by atoms with van der Waals surface area (Å²) in [5.74, 6) is -0.816. The van der Waals surface area contributed by atoms with Crippen molar-refractivity contribution in [1.29, 1.82) is 0 Å². The fourth-order valence-electron chi connectivity index (χ4n) is 5.89. The highest BCUT2D eigenvalue weighted by Gasteiger charge is 2.50. The van der Waals surface area contributed by atoms with Crippen molar-refractivity contribution in [2.45, 2.75) is 76.5 Å². The summed E-state index contributed by atoms with van der Waals surface area (Å²) in [7, 11) is 1.58. The summed E-state index contributed by atoms with van der Waals surface area (Å²) in [6, 6.07) is 11.0. The topological polar surface area (TPSA) is 143 Å². The van der Waals surface area contributed by atoms with Gasteiger partial charge < -0.3 is 20.1 Å². The van der Waals surface area contributed by atoms with Crippen LogP contribution in [0.25, 0.3) is 10.9 Å². The van der Waals surface area contributed by atoms with E-state index in [1.165, 1.54) is 0 Å². The molecule has 1 aromatic heterocycles. The Hall–Kier alpha value is -4.05. The van der Waals surface area contributed by atoms with Crippen LogP contribution < -0.4 is 15.4 Å². The third kappa shape index (κ3) is 7.48. The predicted molar refractivity (Wildman–Crippen MR) is 161 cm³/mol. The zero-order chi connectivity index (χ0) is 30.6. The number of fused-ring (bicyclic) bond motifs is 1. The summed E-state index contributed by atoms with van der Waals surface area (Å²) < 4.78 is 10.7. The number of aromatic nitrogens is 2. The van der Waals surface area contributed by atoms with Gasteiger partial charge in [-0.15, -0.1) is 0 Å². The Balaban J connectivity index is 1.29. The van der Waals surface area contributed by atoms with Gasteiger partial charge in [0.25, 0.3) is 5.91 Å². The third-order valence-corrected chi connectivity index (χ3v) is 8.77. The maximum absolute atomic E-state index is 13.8. The van der Waals surface area contributed by atoms with E-state index in [4.69, 9.17) is 9.47 Å². The monoisotopic (exact) mass is 588 g/mol. The van der Waals surface area contributed by atoms with E-state index < -0.39 is 23.6 Å². The molecular weight excluding hydrogens is 548 g/mol. The first-order chi connectivity index (χ1) is 20.6. The fraction of sp³-hybridized carbons (Fsp3) is 0.485. The van der Waals surface area contributed by atoms with Crippen molar-refractivity contribution in [2.24, 2.45) is 11.8 Å². The molecule has 2 amide bonds. The Morgan fingerprint density at radius 1 is 1.09 bits per heavy atom. The highest BCUT2D eigenvalue weighted by Crippen LogP contribution is 2.34. The first kappa shape index (κ1) is 30.4. The summed E-state index contributed by atoms with van der Waals surface area (Å²) in [5, 5.41) is 13.4. The molecule has 3 aromatic rings. The molecule has 2 fully saturated rings. The SMILES string of the molecule is COc1ccc(C[C@H](CC(=O)[C@@H](C)NC(=O)c2ccc3[nH]ncc3c2)C(=O)N[C@@H](CC2CCCC2)C(=O)[C@@]2(C)CO2)cc1. The Kier molecular flexibility index (Phi) is 9.25. The number of methoxy groups -OCH3 is 1. The second-order valence-corrected chi connectivity index (χ2v) is 12.1. The van der Waals surface area contributed by atoms with Gasteiger partial charge in [0.15, 0.2) is 11.6 Å². The van der Waals surface area contributed by atoms with Crippen LogP contribution in [0, 0.1) is 11.8 Å². The molecule has 5 rings (SSSR count). The van der Waals surface area contributed by atoms with E-state index in [9.17, 15) is 19.2 Å². The lowest BCUT2D eigenvalue weighted by Crippen LogP contribution is -2.49. The van der Waals surface area contributed by atoms with Gasteiger partial charge >= 0.3 is 0 Å². The van der Waals surface area contributed by atoms with E-state index in [1.54, 1.807) is 45.4 Å². The van der Waals surface area contributed by atoms with Gasteiger partial charge in [0.2, 0.25) is 5.91 Å². The molecule has 10 heteroatoms. The van der Waals surface area contributed by atoms with Gasteiger partial charge in [-0.2, -0.15) is 5.10 Å². The van der Waals surface area contributed by atoms with Crippen LogP contribution in [0.2, 0.25) is 0 Å². The summed E-state index contributed by atoms with van der Waals surface area (Å²) in [4.78, 5) is 53.6. The number of amides is 2. The van der Waals surface area contributed by atoms with E-state index in [0.29, 0.717) is 30.3 Å². The summed E-state index contributed by atoms with van der Waals surface area (Å²) in [6.45, 7) is 3.73. The fourth-order valence-corrected chi connectivity index (χ4v) is 5.89. The number of ketones is 2. The minimum absolute atomic E-state index is 0.0990. The molecule has 2 aromatic carbocycles. The molecule has 0 spiro atoms. The number of hydrogen-bond donors (Lipinski definition) is 3. The van der Waals surface area contributed by atoms with Gasteiger partial charge in [-0.05, 0) is 68.5 Å². The number of nitrogens with zero attached hydrogens (tertiary/aromatic N) is 1. The van der Waals surface area contributed by atoms with E-state index in [1.807, 2.05) is 24.3 Å². The van der Waals surface area contributed by atoms with Crippen LogP contribution in [0.3, 0.4) is 0 Å². The van der Waals surface area contributed by atoms with Gasteiger partial charge in [0.05, 0.1) is 37.5 Å². The van der Waals surface area contributed by atoms with Crippen molar-refractivity contribution in [3.05, 3.63) is 59.8 Å². The number of rotatable bonds is 14.